The van der Waals surface area contributed by atoms with Crippen LogP contribution < -0.4 is 0 Å². The molecule has 0 radical (unpaired) electrons. The maximum absolute atomic E-state index is 10.0. The lowest BCUT2D eigenvalue weighted by Gasteiger charge is -2.49. The first-order valence-corrected chi connectivity index (χ1v) is 9.36. The van der Waals surface area contributed by atoms with E-state index in [1.54, 1.807) is 0 Å². The summed E-state index contributed by atoms with van der Waals surface area (Å²) >= 11 is 0. The Kier molecular flexibility index (Phi) is 4.67. The first kappa shape index (κ1) is 18.9. The highest BCUT2D eigenvalue weighted by molar-refractivity contribution is 6.00. The molecule has 1 N–H and O–H groups in total. The van der Waals surface area contributed by atoms with Gasteiger partial charge in [0.25, 0.3) is 0 Å². The monoisotopic (exact) mass is 356 g/mol. The van der Waals surface area contributed by atoms with E-state index in [0.717, 1.165) is 24.0 Å². The Morgan fingerprint density at radius 1 is 1.07 bits per heavy atom. The molecule has 4 nitrogen and oxygen atoms in total. The van der Waals surface area contributed by atoms with E-state index in [1.165, 1.54) is 0 Å². The van der Waals surface area contributed by atoms with Gasteiger partial charge in [0, 0.05) is 5.92 Å². The minimum absolute atomic E-state index is 0.0689. The normalized spacial score (nSPS) is 29.5. The maximum atomic E-state index is 10.0. The lowest BCUT2D eigenvalue weighted by Crippen LogP contribution is -2.50. The molecule has 1 fully saturated rings. The maximum Gasteiger partial charge on any atom is 0.189 e. The van der Waals surface area contributed by atoms with Crippen molar-refractivity contribution in [3.63, 3.8) is 0 Å². The summed E-state index contributed by atoms with van der Waals surface area (Å²) in [4.78, 5) is 0. The highest BCUT2D eigenvalue weighted by Gasteiger charge is 2.58. The van der Waals surface area contributed by atoms with Crippen molar-refractivity contribution >= 4 is 5.71 Å². The van der Waals surface area contributed by atoms with E-state index in [1.807, 2.05) is 30.3 Å². The van der Waals surface area contributed by atoms with Crippen molar-refractivity contribution in [2.45, 2.75) is 39.5 Å². The molecular weight excluding hydrogens is 332 g/mol. The molecule has 4 unspecified atom stereocenters. The molecule has 2 aliphatic rings. The van der Waals surface area contributed by atoms with Gasteiger partial charge in [0.2, 0.25) is 0 Å². The molecule has 2 aliphatic carbocycles. The molecule has 136 valence electrons. The molecule has 0 bridgehead atoms. The van der Waals surface area contributed by atoms with Crippen molar-refractivity contribution in [3.05, 3.63) is 47.5 Å². The third kappa shape index (κ3) is 2.85. The van der Waals surface area contributed by atoms with Crippen molar-refractivity contribution in [1.29, 1.82) is 21.2 Å². The van der Waals surface area contributed by atoms with Gasteiger partial charge >= 0.3 is 0 Å². The van der Waals surface area contributed by atoms with E-state index < -0.39 is 17.3 Å². The quantitative estimate of drug-likeness (QED) is 0.719. The molecule has 4 heteroatoms. The third-order valence-corrected chi connectivity index (χ3v) is 6.39. The third-order valence-electron chi connectivity index (χ3n) is 6.39. The largest absolute Gasteiger partial charge is 0.305 e. The average molecular weight is 356 g/mol. The van der Waals surface area contributed by atoms with Crippen LogP contribution in [-0.2, 0) is 0 Å². The predicted molar refractivity (Wildman–Crippen MR) is 103 cm³/mol. The Hall–Kier alpha value is -2.90. The summed E-state index contributed by atoms with van der Waals surface area (Å²) in [5.41, 5.74) is 0.243. The number of benzene rings is 1. The van der Waals surface area contributed by atoms with E-state index in [-0.39, 0.29) is 17.0 Å². The number of nitrogens with one attached hydrogen (secondary N) is 1. The van der Waals surface area contributed by atoms with Gasteiger partial charge in [-0.3, -0.25) is 0 Å². The predicted octanol–water partition coefficient (Wildman–Crippen LogP) is 4.98. The Labute approximate surface area is 161 Å². The molecule has 0 amide bonds. The molecule has 3 rings (SSSR count). The van der Waals surface area contributed by atoms with Gasteiger partial charge in [-0.25, -0.2) is 0 Å². The summed E-state index contributed by atoms with van der Waals surface area (Å²) in [5.74, 6) is -0.889. The fourth-order valence-electron chi connectivity index (χ4n) is 4.77. The van der Waals surface area contributed by atoms with Gasteiger partial charge in [0.05, 0.1) is 23.9 Å². The second-order valence-electron chi connectivity index (χ2n) is 8.74. The molecule has 0 heterocycles. The van der Waals surface area contributed by atoms with Crippen molar-refractivity contribution < 1.29 is 0 Å². The molecule has 0 spiro atoms. The highest BCUT2D eigenvalue weighted by atomic mass is 14.7. The van der Waals surface area contributed by atoms with Gasteiger partial charge < -0.3 is 5.41 Å². The molecule has 1 aromatic rings. The fourth-order valence-corrected chi connectivity index (χ4v) is 4.77. The summed E-state index contributed by atoms with van der Waals surface area (Å²) in [6, 6.07) is 16.1. The van der Waals surface area contributed by atoms with Crippen LogP contribution >= 0.6 is 0 Å². The van der Waals surface area contributed by atoms with E-state index in [2.05, 4.69) is 45.1 Å². The van der Waals surface area contributed by atoms with Crippen LogP contribution in [0.1, 0.15) is 45.1 Å². The molecule has 4 atom stereocenters. The number of hydrogen-bond acceptors (Lipinski definition) is 4. The Bertz CT molecular complexity index is 885. The van der Waals surface area contributed by atoms with Gasteiger partial charge in [-0.15, -0.1) is 0 Å². The molecular formula is C23H24N4. The second-order valence-corrected chi connectivity index (χ2v) is 8.74. The van der Waals surface area contributed by atoms with Crippen LogP contribution in [0, 0.1) is 68.0 Å². The molecule has 0 aromatic heterocycles. The second kappa shape index (κ2) is 6.68. The van der Waals surface area contributed by atoms with Crippen LogP contribution in [-0.4, -0.2) is 5.71 Å². The lowest BCUT2D eigenvalue weighted by molar-refractivity contribution is 0.168. The van der Waals surface area contributed by atoms with Crippen LogP contribution in [0.2, 0.25) is 0 Å². The summed E-state index contributed by atoms with van der Waals surface area (Å²) in [6.45, 7) is 6.63. The van der Waals surface area contributed by atoms with Gasteiger partial charge in [0.15, 0.2) is 5.41 Å². The number of nitrogens with zero attached hydrogens (tertiary/aromatic N) is 3. The van der Waals surface area contributed by atoms with Gasteiger partial charge in [-0.1, -0.05) is 57.2 Å². The average Bonchev–Trinajstić information content (AvgIpc) is 2.67. The molecule has 0 saturated heterocycles. The van der Waals surface area contributed by atoms with Crippen molar-refractivity contribution in [1.82, 2.24) is 0 Å². The smallest absolute Gasteiger partial charge is 0.189 e. The van der Waals surface area contributed by atoms with Crippen molar-refractivity contribution in [2.24, 2.45) is 28.6 Å². The first-order valence-electron chi connectivity index (χ1n) is 9.36. The zero-order valence-electron chi connectivity index (χ0n) is 16.0. The van der Waals surface area contributed by atoms with Crippen LogP contribution in [0.3, 0.4) is 0 Å². The van der Waals surface area contributed by atoms with E-state index in [0.29, 0.717) is 5.92 Å². The highest BCUT2D eigenvalue weighted by Crippen LogP contribution is 2.57. The summed E-state index contributed by atoms with van der Waals surface area (Å²) < 4.78 is 0. The molecule has 27 heavy (non-hydrogen) atoms. The van der Waals surface area contributed by atoms with Crippen molar-refractivity contribution in [3.8, 4) is 18.2 Å². The zero-order chi connectivity index (χ0) is 19.8. The van der Waals surface area contributed by atoms with Crippen LogP contribution in [0.25, 0.3) is 0 Å². The summed E-state index contributed by atoms with van der Waals surface area (Å²) in [7, 11) is 0. The summed E-state index contributed by atoms with van der Waals surface area (Å²) in [5, 5.41) is 38.4. The SMILES string of the molecule is CC(C)(C)C1CC=C2C(C#N)C(=N)C(C#N)(C#N)C(c3ccccc3)C2C1. The number of allylic oxidation sites excluding steroid dienone is 2. The lowest BCUT2D eigenvalue weighted by atomic mass is 9.51. The standard InChI is InChI=1S/C23H24N4/c1-22(2,3)16-9-10-17-18(11-16)20(15-7-5-4-6-8-15)23(13-25,14-26)21(27)19(17)12-24/h4-8,10,16,18-20,27H,9,11H2,1-3H3. The van der Waals surface area contributed by atoms with E-state index in [4.69, 9.17) is 5.41 Å². The van der Waals surface area contributed by atoms with Gasteiger partial charge in [-0.2, -0.15) is 15.8 Å². The Morgan fingerprint density at radius 2 is 1.70 bits per heavy atom. The number of nitriles is 3. The van der Waals surface area contributed by atoms with Crippen molar-refractivity contribution in [2.75, 3.05) is 0 Å². The number of rotatable bonds is 1. The fraction of sp³-hybridized carbons (Fsp3) is 0.478. The Balaban J connectivity index is 2.24. The van der Waals surface area contributed by atoms with Crippen LogP contribution in [0.4, 0.5) is 0 Å². The van der Waals surface area contributed by atoms with E-state index in [9.17, 15) is 15.8 Å². The summed E-state index contributed by atoms with van der Waals surface area (Å²) in [6.07, 6.45) is 3.81. The van der Waals surface area contributed by atoms with E-state index >= 15 is 0 Å². The molecule has 0 aliphatic heterocycles. The first-order chi connectivity index (χ1) is 12.8. The minimum Gasteiger partial charge on any atom is -0.305 e. The molecule has 1 aromatic carbocycles. The van der Waals surface area contributed by atoms with Crippen LogP contribution in [0.15, 0.2) is 42.0 Å². The number of fused-ring (bicyclic) bond motifs is 1. The zero-order valence-corrected chi connectivity index (χ0v) is 16.0. The Morgan fingerprint density at radius 3 is 2.22 bits per heavy atom. The van der Waals surface area contributed by atoms with Gasteiger partial charge in [-0.05, 0) is 41.2 Å². The van der Waals surface area contributed by atoms with Crippen LogP contribution in [0.5, 0.6) is 0 Å². The van der Waals surface area contributed by atoms with Gasteiger partial charge in [0.1, 0.15) is 5.92 Å². The topological polar surface area (TPSA) is 95.2 Å². The minimum atomic E-state index is -1.61. The molecule has 1 saturated carbocycles. The number of hydrogen-bond donors (Lipinski definition) is 1.